The second kappa shape index (κ2) is 8.39. The fourth-order valence-corrected chi connectivity index (χ4v) is 2.04. The van der Waals surface area contributed by atoms with E-state index in [4.69, 9.17) is 4.74 Å². The predicted molar refractivity (Wildman–Crippen MR) is 84.1 cm³/mol. The molecule has 0 unspecified atom stereocenters. The van der Waals surface area contributed by atoms with E-state index in [2.05, 4.69) is 60.8 Å². The van der Waals surface area contributed by atoms with Gasteiger partial charge in [-0.05, 0) is 42.6 Å². The van der Waals surface area contributed by atoms with Crippen LogP contribution in [0.3, 0.4) is 0 Å². The largest absolute Gasteiger partial charge is 0.494 e. The molecule has 2 heteroatoms. The maximum Gasteiger partial charge on any atom is 0.119 e. The molecule has 0 radical (unpaired) electrons. The lowest BCUT2D eigenvalue weighted by Crippen LogP contribution is -2.16. The van der Waals surface area contributed by atoms with E-state index >= 15 is 0 Å². The second-order valence-electron chi connectivity index (χ2n) is 4.86. The van der Waals surface area contributed by atoms with Crippen molar-refractivity contribution >= 4 is 0 Å². The Labute approximate surface area is 121 Å². The van der Waals surface area contributed by atoms with E-state index in [0.29, 0.717) is 0 Å². The Morgan fingerprint density at radius 2 is 1.65 bits per heavy atom. The number of aryl methyl sites for hydroxylation is 1. The van der Waals surface area contributed by atoms with E-state index in [-0.39, 0.29) is 0 Å². The number of hydrogen-bond donors (Lipinski definition) is 1. The van der Waals surface area contributed by atoms with Crippen molar-refractivity contribution in [3.63, 3.8) is 0 Å². The van der Waals surface area contributed by atoms with Crippen LogP contribution in [0.15, 0.2) is 54.6 Å². The van der Waals surface area contributed by atoms with Crippen LogP contribution < -0.4 is 10.1 Å². The molecule has 2 nitrogen and oxygen atoms in total. The molecule has 0 aromatic heterocycles. The summed E-state index contributed by atoms with van der Waals surface area (Å²) in [5.41, 5.74) is 2.67. The Morgan fingerprint density at radius 1 is 0.900 bits per heavy atom. The first-order valence-electron chi connectivity index (χ1n) is 7.35. The lowest BCUT2D eigenvalue weighted by molar-refractivity contribution is 0.308. The van der Waals surface area contributed by atoms with Gasteiger partial charge in [-0.1, -0.05) is 49.4 Å². The molecular formula is C18H23NO. The van der Waals surface area contributed by atoms with Crippen LogP contribution in [0.1, 0.15) is 24.5 Å². The van der Waals surface area contributed by atoms with Gasteiger partial charge >= 0.3 is 0 Å². The predicted octanol–water partition coefficient (Wildman–Crippen LogP) is 3.81. The summed E-state index contributed by atoms with van der Waals surface area (Å²) in [6.07, 6.45) is 2.09. The minimum Gasteiger partial charge on any atom is -0.494 e. The third kappa shape index (κ3) is 5.06. The van der Waals surface area contributed by atoms with Crippen LogP contribution in [0, 0.1) is 0 Å². The quantitative estimate of drug-likeness (QED) is 0.736. The Kier molecular flexibility index (Phi) is 6.12. The number of ether oxygens (including phenoxy) is 1. The molecule has 0 aliphatic rings. The molecule has 0 aliphatic heterocycles. The van der Waals surface area contributed by atoms with Crippen LogP contribution >= 0.6 is 0 Å². The van der Waals surface area contributed by atoms with Crippen LogP contribution in [0.5, 0.6) is 5.75 Å². The third-order valence-corrected chi connectivity index (χ3v) is 3.27. The van der Waals surface area contributed by atoms with Gasteiger partial charge in [-0.15, -0.1) is 0 Å². The summed E-state index contributed by atoms with van der Waals surface area (Å²) in [5.74, 6) is 0.963. The average molecular weight is 269 g/mol. The molecule has 0 fully saturated rings. The molecule has 106 valence electrons. The average Bonchev–Trinajstić information content (AvgIpc) is 2.52. The van der Waals surface area contributed by atoms with Gasteiger partial charge in [-0.2, -0.15) is 0 Å². The van der Waals surface area contributed by atoms with Crippen molar-refractivity contribution in [2.75, 3.05) is 13.2 Å². The molecule has 2 rings (SSSR count). The highest BCUT2D eigenvalue weighted by Gasteiger charge is 1.95. The second-order valence-corrected chi connectivity index (χ2v) is 4.86. The minimum absolute atomic E-state index is 0.757. The number of rotatable bonds is 8. The zero-order valence-corrected chi connectivity index (χ0v) is 12.1. The maximum absolute atomic E-state index is 5.72. The summed E-state index contributed by atoms with van der Waals surface area (Å²) >= 11 is 0. The molecule has 0 bridgehead atoms. The Bertz CT molecular complexity index is 479. The third-order valence-electron chi connectivity index (χ3n) is 3.27. The highest BCUT2D eigenvalue weighted by atomic mass is 16.5. The van der Waals surface area contributed by atoms with Crippen LogP contribution in [-0.4, -0.2) is 13.2 Å². The Balaban J connectivity index is 1.57. The van der Waals surface area contributed by atoms with Crippen molar-refractivity contribution in [1.82, 2.24) is 5.32 Å². The normalized spacial score (nSPS) is 10.4. The van der Waals surface area contributed by atoms with Gasteiger partial charge in [0.05, 0.1) is 6.61 Å². The highest BCUT2D eigenvalue weighted by molar-refractivity contribution is 5.27. The van der Waals surface area contributed by atoms with Gasteiger partial charge in [0, 0.05) is 6.54 Å². The summed E-state index contributed by atoms with van der Waals surface area (Å²) in [5, 5.41) is 3.43. The molecule has 2 aromatic carbocycles. The molecule has 0 saturated heterocycles. The standard InChI is InChI=1S/C18H23NO/c1-2-16-9-11-18(12-10-16)20-14-6-13-19-15-17-7-4-3-5-8-17/h3-5,7-12,19H,2,6,13-15H2,1H3. The summed E-state index contributed by atoms with van der Waals surface area (Å²) in [7, 11) is 0. The van der Waals surface area contributed by atoms with Crippen molar-refractivity contribution in [3.05, 3.63) is 65.7 Å². The topological polar surface area (TPSA) is 21.3 Å². The van der Waals surface area contributed by atoms with Crippen LogP contribution in [0.4, 0.5) is 0 Å². The van der Waals surface area contributed by atoms with Crippen molar-refractivity contribution in [2.45, 2.75) is 26.3 Å². The van der Waals surface area contributed by atoms with Crippen molar-refractivity contribution in [1.29, 1.82) is 0 Å². The summed E-state index contributed by atoms with van der Waals surface area (Å²) in [6, 6.07) is 18.8. The molecular weight excluding hydrogens is 246 g/mol. The van der Waals surface area contributed by atoms with Gasteiger partial charge in [-0.25, -0.2) is 0 Å². The van der Waals surface area contributed by atoms with E-state index in [1.165, 1.54) is 11.1 Å². The summed E-state index contributed by atoms with van der Waals surface area (Å²) in [6.45, 7) is 4.81. The van der Waals surface area contributed by atoms with Gasteiger partial charge in [0.2, 0.25) is 0 Å². The van der Waals surface area contributed by atoms with E-state index in [9.17, 15) is 0 Å². The maximum atomic E-state index is 5.72. The van der Waals surface area contributed by atoms with Crippen LogP contribution in [0.2, 0.25) is 0 Å². The molecule has 20 heavy (non-hydrogen) atoms. The summed E-state index contributed by atoms with van der Waals surface area (Å²) < 4.78 is 5.72. The van der Waals surface area contributed by atoms with Gasteiger partial charge in [-0.3, -0.25) is 0 Å². The lowest BCUT2D eigenvalue weighted by atomic mass is 10.2. The van der Waals surface area contributed by atoms with Crippen LogP contribution in [0.25, 0.3) is 0 Å². The van der Waals surface area contributed by atoms with E-state index in [1.54, 1.807) is 0 Å². The molecule has 2 aromatic rings. The minimum atomic E-state index is 0.757. The Hall–Kier alpha value is -1.80. The van der Waals surface area contributed by atoms with Crippen LogP contribution in [-0.2, 0) is 13.0 Å². The zero-order chi connectivity index (χ0) is 14.0. The molecule has 0 saturated carbocycles. The SMILES string of the molecule is CCc1ccc(OCCCNCc2ccccc2)cc1. The van der Waals surface area contributed by atoms with E-state index in [0.717, 1.165) is 38.3 Å². The van der Waals surface area contributed by atoms with Gasteiger partial charge in [0.25, 0.3) is 0 Å². The molecule has 0 amide bonds. The number of nitrogens with one attached hydrogen (secondary N) is 1. The van der Waals surface area contributed by atoms with E-state index in [1.807, 2.05) is 6.07 Å². The molecule has 0 atom stereocenters. The molecule has 0 heterocycles. The first-order chi connectivity index (χ1) is 9.88. The monoisotopic (exact) mass is 269 g/mol. The molecule has 1 N–H and O–H groups in total. The number of hydrogen-bond acceptors (Lipinski definition) is 2. The number of benzene rings is 2. The zero-order valence-electron chi connectivity index (χ0n) is 12.1. The van der Waals surface area contributed by atoms with E-state index < -0.39 is 0 Å². The fourth-order valence-electron chi connectivity index (χ4n) is 2.04. The van der Waals surface area contributed by atoms with Crippen molar-refractivity contribution < 1.29 is 4.74 Å². The lowest BCUT2D eigenvalue weighted by Gasteiger charge is -2.08. The summed E-state index contributed by atoms with van der Waals surface area (Å²) in [4.78, 5) is 0. The fraction of sp³-hybridized carbons (Fsp3) is 0.333. The van der Waals surface area contributed by atoms with Gasteiger partial charge in [0.15, 0.2) is 0 Å². The smallest absolute Gasteiger partial charge is 0.119 e. The van der Waals surface area contributed by atoms with Gasteiger partial charge < -0.3 is 10.1 Å². The first-order valence-corrected chi connectivity index (χ1v) is 7.35. The first kappa shape index (κ1) is 14.6. The molecule has 0 spiro atoms. The Morgan fingerprint density at radius 3 is 2.35 bits per heavy atom. The van der Waals surface area contributed by atoms with Gasteiger partial charge in [0.1, 0.15) is 5.75 Å². The molecule has 0 aliphatic carbocycles. The van der Waals surface area contributed by atoms with Crippen molar-refractivity contribution in [2.24, 2.45) is 0 Å². The van der Waals surface area contributed by atoms with Crippen molar-refractivity contribution in [3.8, 4) is 5.75 Å². The highest BCUT2D eigenvalue weighted by Crippen LogP contribution is 2.12.